The van der Waals surface area contributed by atoms with Crippen LogP contribution in [0, 0.1) is 5.82 Å². The molecular weight excluding hydrogens is 419 g/mol. The number of thiophene rings is 1. The van der Waals surface area contributed by atoms with Gasteiger partial charge in [-0.2, -0.15) is 0 Å². The summed E-state index contributed by atoms with van der Waals surface area (Å²) in [6.45, 7) is 5.55. The third-order valence-electron chi connectivity index (χ3n) is 4.43. The molecule has 0 saturated carbocycles. The largest absolute Gasteiger partial charge is 0.369 e. The van der Waals surface area contributed by atoms with E-state index in [0.29, 0.717) is 6.54 Å². The second-order valence-electron chi connectivity index (χ2n) is 6.66. The fourth-order valence-corrected chi connectivity index (χ4v) is 3.64. The maximum absolute atomic E-state index is 12.2. The van der Waals surface area contributed by atoms with Gasteiger partial charge in [0.25, 0.3) is 0 Å². The summed E-state index contributed by atoms with van der Waals surface area (Å²) in [5.74, 6) is -0.216. The minimum Gasteiger partial charge on any atom is -0.369 e. The molecule has 1 saturated heterocycles. The number of hydrogen-bond donors (Lipinski definition) is 3. The van der Waals surface area contributed by atoms with Gasteiger partial charge < -0.3 is 21.7 Å². The van der Waals surface area contributed by atoms with Gasteiger partial charge in [-0.25, -0.2) is 4.39 Å². The third-order valence-corrected chi connectivity index (χ3v) is 5.62. The fourth-order valence-electron chi connectivity index (χ4n) is 2.79. The standard InChI is InChI=1S/C10H13ClN2.C7H8FN.C6H9NS/c11-9-1-3-10(4-2-9)13-7-5-12-6-8-13;8-7-3-1-6(5-9)2-4-7;7-4-3-6-2-1-5-8-6/h1-4,12H,5-8H2;1-4H,5,9H2;1-2,5H,3-4,7H2. The monoisotopic (exact) mass is 448 g/mol. The molecule has 1 aliphatic rings. The van der Waals surface area contributed by atoms with Crippen molar-refractivity contribution in [3.8, 4) is 0 Å². The number of nitrogens with zero attached hydrogens (tertiary/aromatic N) is 1. The molecule has 7 heteroatoms. The van der Waals surface area contributed by atoms with Crippen LogP contribution in [0.25, 0.3) is 0 Å². The molecule has 1 fully saturated rings. The van der Waals surface area contributed by atoms with Gasteiger partial charge in [0.15, 0.2) is 0 Å². The van der Waals surface area contributed by atoms with Gasteiger partial charge >= 0.3 is 0 Å². The van der Waals surface area contributed by atoms with Crippen LogP contribution < -0.4 is 21.7 Å². The van der Waals surface area contributed by atoms with Gasteiger partial charge in [0, 0.05) is 48.3 Å². The molecule has 2 aromatic carbocycles. The number of nitrogens with one attached hydrogen (secondary N) is 1. The van der Waals surface area contributed by atoms with Crippen LogP contribution in [0.1, 0.15) is 10.4 Å². The molecule has 5 N–H and O–H groups in total. The van der Waals surface area contributed by atoms with Gasteiger partial charge in [-0.1, -0.05) is 29.8 Å². The van der Waals surface area contributed by atoms with E-state index in [1.807, 2.05) is 12.1 Å². The van der Waals surface area contributed by atoms with Crippen molar-refractivity contribution in [2.75, 3.05) is 37.6 Å². The van der Waals surface area contributed by atoms with Gasteiger partial charge in [-0.15, -0.1) is 11.3 Å². The quantitative estimate of drug-likeness (QED) is 0.557. The number of benzene rings is 2. The van der Waals surface area contributed by atoms with Crippen LogP contribution >= 0.6 is 22.9 Å². The molecule has 2 heterocycles. The Labute approximate surface area is 187 Å². The van der Waals surface area contributed by atoms with Crippen LogP contribution in [0.2, 0.25) is 5.02 Å². The van der Waals surface area contributed by atoms with Crippen LogP contribution in [0.3, 0.4) is 0 Å². The minimum atomic E-state index is -0.216. The topological polar surface area (TPSA) is 67.3 Å². The summed E-state index contributed by atoms with van der Waals surface area (Å²) in [6, 6.07) is 18.4. The highest BCUT2D eigenvalue weighted by Crippen LogP contribution is 2.17. The first-order valence-electron chi connectivity index (χ1n) is 10.0. The van der Waals surface area contributed by atoms with Gasteiger partial charge in [0.05, 0.1) is 0 Å². The highest BCUT2D eigenvalue weighted by molar-refractivity contribution is 7.09. The van der Waals surface area contributed by atoms with E-state index in [2.05, 4.69) is 39.9 Å². The molecule has 162 valence electrons. The maximum atomic E-state index is 12.2. The van der Waals surface area contributed by atoms with Crippen molar-refractivity contribution in [3.05, 3.63) is 87.3 Å². The average Bonchev–Trinajstić information content (AvgIpc) is 3.30. The first-order valence-corrected chi connectivity index (χ1v) is 11.3. The number of hydrogen-bond acceptors (Lipinski definition) is 5. The molecule has 0 bridgehead atoms. The Morgan fingerprint density at radius 1 is 0.967 bits per heavy atom. The Morgan fingerprint density at radius 2 is 1.63 bits per heavy atom. The van der Waals surface area contributed by atoms with Crippen molar-refractivity contribution < 1.29 is 4.39 Å². The Balaban J connectivity index is 0.000000167. The predicted octanol–water partition coefficient (Wildman–Crippen LogP) is 4.28. The van der Waals surface area contributed by atoms with Crippen LogP contribution in [0.4, 0.5) is 10.1 Å². The number of anilines is 1. The van der Waals surface area contributed by atoms with Crippen molar-refractivity contribution >= 4 is 28.6 Å². The van der Waals surface area contributed by atoms with Crippen LogP contribution in [0.5, 0.6) is 0 Å². The molecule has 0 spiro atoms. The van der Waals surface area contributed by atoms with Crippen molar-refractivity contribution in [1.82, 2.24) is 5.32 Å². The Morgan fingerprint density at radius 3 is 2.17 bits per heavy atom. The maximum Gasteiger partial charge on any atom is 0.123 e. The molecule has 3 aromatic rings. The van der Waals surface area contributed by atoms with E-state index < -0.39 is 0 Å². The summed E-state index contributed by atoms with van der Waals surface area (Å²) in [7, 11) is 0. The highest BCUT2D eigenvalue weighted by atomic mass is 35.5. The van der Waals surface area contributed by atoms with Crippen molar-refractivity contribution in [2.24, 2.45) is 11.5 Å². The summed E-state index contributed by atoms with van der Waals surface area (Å²) in [4.78, 5) is 3.75. The zero-order chi connectivity index (χ0) is 21.6. The van der Waals surface area contributed by atoms with Crippen LogP contribution in [-0.4, -0.2) is 32.7 Å². The normalized spacial score (nSPS) is 13.0. The van der Waals surface area contributed by atoms with Crippen molar-refractivity contribution in [1.29, 1.82) is 0 Å². The van der Waals surface area contributed by atoms with Crippen molar-refractivity contribution in [2.45, 2.75) is 13.0 Å². The van der Waals surface area contributed by atoms with E-state index in [4.69, 9.17) is 23.1 Å². The van der Waals surface area contributed by atoms with Gasteiger partial charge in [-0.3, -0.25) is 0 Å². The molecule has 30 heavy (non-hydrogen) atoms. The summed E-state index contributed by atoms with van der Waals surface area (Å²) in [5.41, 5.74) is 12.8. The zero-order valence-electron chi connectivity index (χ0n) is 17.1. The molecule has 0 amide bonds. The van der Waals surface area contributed by atoms with Gasteiger partial charge in [-0.05, 0) is 66.4 Å². The zero-order valence-corrected chi connectivity index (χ0v) is 18.6. The summed E-state index contributed by atoms with van der Waals surface area (Å²) >= 11 is 7.59. The molecule has 1 aliphatic heterocycles. The van der Waals surface area contributed by atoms with Crippen molar-refractivity contribution in [3.63, 3.8) is 0 Å². The Hall–Kier alpha value is -1.96. The molecule has 4 rings (SSSR count). The van der Waals surface area contributed by atoms with E-state index in [1.165, 1.54) is 22.7 Å². The van der Waals surface area contributed by atoms with E-state index in [0.717, 1.165) is 49.7 Å². The first-order chi connectivity index (χ1) is 14.6. The van der Waals surface area contributed by atoms with E-state index in [-0.39, 0.29) is 5.82 Å². The molecular formula is C23H30ClFN4S. The molecule has 0 aliphatic carbocycles. The lowest BCUT2D eigenvalue weighted by Gasteiger charge is -2.29. The summed E-state index contributed by atoms with van der Waals surface area (Å²) in [5, 5.41) is 6.21. The number of halogens is 2. The highest BCUT2D eigenvalue weighted by Gasteiger charge is 2.09. The summed E-state index contributed by atoms with van der Waals surface area (Å²) < 4.78 is 12.2. The lowest BCUT2D eigenvalue weighted by molar-refractivity contribution is 0.589. The Bertz CT molecular complexity index is 804. The minimum absolute atomic E-state index is 0.216. The number of piperazine rings is 1. The van der Waals surface area contributed by atoms with Gasteiger partial charge in [0.1, 0.15) is 5.82 Å². The molecule has 1 aromatic heterocycles. The van der Waals surface area contributed by atoms with Crippen LogP contribution in [0.15, 0.2) is 66.0 Å². The number of nitrogens with two attached hydrogens (primary N) is 2. The van der Waals surface area contributed by atoms with E-state index in [9.17, 15) is 4.39 Å². The number of rotatable bonds is 4. The van der Waals surface area contributed by atoms with E-state index in [1.54, 1.807) is 23.5 Å². The predicted molar refractivity (Wildman–Crippen MR) is 128 cm³/mol. The molecule has 0 radical (unpaired) electrons. The SMILES string of the molecule is Clc1ccc(N2CCNCC2)cc1.NCCc1cccs1.NCc1ccc(F)cc1. The lowest BCUT2D eigenvalue weighted by Crippen LogP contribution is -2.43. The summed E-state index contributed by atoms with van der Waals surface area (Å²) in [6.07, 6.45) is 1.03. The smallest absolute Gasteiger partial charge is 0.123 e. The molecule has 0 unspecified atom stereocenters. The van der Waals surface area contributed by atoms with Crippen LogP contribution in [-0.2, 0) is 13.0 Å². The molecule has 0 atom stereocenters. The molecule has 4 nitrogen and oxygen atoms in total. The fraction of sp³-hybridized carbons (Fsp3) is 0.304. The second-order valence-corrected chi connectivity index (χ2v) is 8.13. The average molecular weight is 449 g/mol. The van der Waals surface area contributed by atoms with Gasteiger partial charge in [0.2, 0.25) is 0 Å². The first kappa shape index (κ1) is 24.3. The lowest BCUT2D eigenvalue weighted by atomic mass is 10.2. The van der Waals surface area contributed by atoms with E-state index >= 15 is 0 Å². The third kappa shape index (κ3) is 9.24. The second kappa shape index (κ2) is 14.1. The Kier molecular flexibility index (Phi) is 11.4.